The monoisotopic (exact) mass is 520 g/mol. The summed E-state index contributed by atoms with van der Waals surface area (Å²) < 4.78 is 18.9. The molecule has 0 atom stereocenters. The van der Waals surface area contributed by atoms with Crippen LogP contribution < -0.4 is 14.2 Å². The first kappa shape index (κ1) is 24.1. The first-order chi connectivity index (χ1) is 19.8. The lowest BCUT2D eigenvalue weighted by molar-refractivity contribution is 0.282. The van der Waals surface area contributed by atoms with Gasteiger partial charge in [-0.2, -0.15) is 0 Å². The second-order valence-electron chi connectivity index (χ2n) is 10.1. The lowest BCUT2D eigenvalue weighted by atomic mass is 9.94. The SMILES string of the molecule is c1ccc(COc2cc(COc3ccc4ccc5cccc6ccc3c4c56)cc(OCc3ccccc3)c2)cc1. The van der Waals surface area contributed by atoms with Crippen molar-refractivity contribution in [2.45, 2.75) is 19.8 Å². The van der Waals surface area contributed by atoms with Crippen LogP contribution in [0.1, 0.15) is 16.7 Å². The van der Waals surface area contributed by atoms with E-state index < -0.39 is 0 Å². The summed E-state index contributed by atoms with van der Waals surface area (Å²) in [6.45, 7) is 1.37. The van der Waals surface area contributed by atoms with Crippen LogP contribution in [0.3, 0.4) is 0 Å². The highest BCUT2D eigenvalue weighted by molar-refractivity contribution is 6.24. The molecule has 7 aromatic rings. The van der Waals surface area contributed by atoms with Gasteiger partial charge in [-0.1, -0.05) is 103 Å². The Morgan fingerprint density at radius 3 is 1.52 bits per heavy atom. The van der Waals surface area contributed by atoms with Crippen LogP contribution in [0.15, 0.2) is 133 Å². The molecule has 7 rings (SSSR count). The molecule has 3 nitrogen and oxygen atoms in total. The summed E-state index contributed by atoms with van der Waals surface area (Å²) in [5, 5.41) is 7.38. The first-order valence-corrected chi connectivity index (χ1v) is 13.6. The van der Waals surface area contributed by atoms with Crippen molar-refractivity contribution >= 4 is 32.3 Å². The molecule has 0 amide bonds. The van der Waals surface area contributed by atoms with Crippen LogP contribution in [-0.4, -0.2) is 0 Å². The number of ether oxygens (including phenoxy) is 3. The van der Waals surface area contributed by atoms with Gasteiger partial charge in [0.05, 0.1) is 0 Å². The van der Waals surface area contributed by atoms with Gasteiger partial charge in [-0.3, -0.25) is 0 Å². The molecule has 0 aliphatic carbocycles. The predicted molar refractivity (Wildman–Crippen MR) is 162 cm³/mol. The molecule has 0 spiro atoms. The molecule has 0 N–H and O–H groups in total. The van der Waals surface area contributed by atoms with Gasteiger partial charge >= 0.3 is 0 Å². The van der Waals surface area contributed by atoms with E-state index in [1.54, 1.807) is 0 Å². The van der Waals surface area contributed by atoms with Crippen molar-refractivity contribution in [1.82, 2.24) is 0 Å². The fraction of sp³-hybridized carbons (Fsp3) is 0.0811. The Morgan fingerprint density at radius 1 is 0.375 bits per heavy atom. The molecular weight excluding hydrogens is 492 g/mol. The maximum atomic E-state index is 6.47. The summed E-state index contributed by atoms with van der Waals surface area (Å²) in [5.74, 6) is 2.37. The van der Waals surface area contributed by atoms with Crippen molar-refractivity contribution in [3.63, 3.8) is 0 Å². The minimum Gasteiger partial charge on any atom is -0.489 e. The van der Waals surface area contributed by atoms with E-state index in [1.807, 2.05) is 54.6 Å². The van der Waals surface area contributed by atoms with Gasteiger partial charge in [0.1, 0.15) is 37.1 Å². The number of hydrogen-bond donors (Lipinski definition) is 0. The Bertz CT molecular complexity index is 1820. The zero-order valence-corrected chi connectivity index (χ0v) is 22.0. The summed E-state index contributed by atoms with van der Waals surface area (Å²) in [6, 6.07) is 45.8. The molecule has 0 saturated carbocycles. The van der Waals surface area contributed by atoms with Crippen LogP contribution in [0.4, 0.5) is 0 Å². The van der Waals surface area contributed by atoms with Crippen molar-refractivity contribution in [3.8, 4) is 17.2 Å². The van der Waals surface area contributed by atoms with E-state index in [9.17, 15) is 0 Å². The Morgan fingerprint density at radius 2 is 0.900 bits per heavy atom. The number of rotatable bonds is 9. The quantitative estimate of drug-likeness (QED) is 0.178. The van der Waals surface area contributed by atoms with Crippen molar-refractivity contribution < 1.29 is 14.2 Å². The summed E-state index contributed by atoms with van der Waals surface area (Å²) in [5.41, 5.74) is 3.22. The molecule has 0 radical (unpaired) electrons. The van der Waals surface area contributed by atoms with Crippen molar-refractivity contribution in [2.24, 2.45) is 0 Å². The minimum atomic E-state index is 0.397. The summed E-state index contributed by atoms with van der Waals surface area (Å²) in [7, 11) is 0. The molecule has 0 saturated heterocycles. The van der Waals surface area contributed by atoms with Gasteiger partial charge in [-0.15, -0.1) is 0 Å². The Kier molecular flexibility index (Phi) is 6.39. The second-order valence-corrected chi connectivity index (χ2v) is 10.1. The highest BCUT2D eigenvalue weighted by Gasteiger charge is 2.12. The molecule has 0 bridgehead atoms. The third-order valence-electron chi connectivity index (χ3n) is 7.32. The van der Waals surface area contributed by atoms with Gasteiger partial charge in [0.2, 0.25) is 0 Å². The maximum absolute atomic E-state index is 6.47. The molecule has 0 unspecified atom stereocenters. The molecule has 0 aromatic heterocycles. The lowest BCUT2D eigenvalue weighted by Crippen LogP contribution is -2.01. The zero-order chi connectivity index (χ0) is 26.7. The van der Waals surface area contributed by atoms with Gasteiger partial charge < -0.3 is 14.2 Å². The van der Waals surface area contributed by atoms with E-state index in [2.05, 4.69) is 78.9 Å². The maximum Gasteiger partial charge on any atom is 0.127 e. The zero-order valence-electron chi connectivity index (χ0n) is 22.0. The number of hydrogen-bond acceptors (Lipinski definition) is 3. The predicted octanol–water partition coefficient (Wildman–Crippen LogP) is 9.32. The van der Waals surface area contributed by atoms with E-state index in [4.69, 9.17) is 14.2 Å². The highest BCUT2D eigenvalue weighted by Crippen LogP contribution is 2.39. The van der Waals surface area contributed by atoms with Gasteiger partial charge in [0.25, 0.3) is 0 Å². The fourth-order valence-electron chi connectivity index (χ4n) is 5.36. The molecule has 0 fully saturated rings. The summed E-state index contributed by atoms with van der Waals surface area (Å²) in [4.78, 5) is 0. The van der Waals surface area contributed by atoms with Gasteiger partial charge in [-0.25, -0.2) is 0 Å². The average Bonchev–Trinajstić information content (AvgIpc) is 3.02. The van der Waals surface area contributed by atoms with Crippen LogP contribution in [0, 0.1) is 0 Å². The molecule has 0 heterocycles. The van der Waals surface area contributed by atoms with E-state index in [0.29, 0.717) is 19.8 Å². The molecule has 3 heteroatoms. The minimum absolute atomic E-state index is 0.397. The first-order valence-electron chi connectivity index (χ1n) is 13.6. The van der Waals surface area contributed by atoms with E-state index in [0.717, 1.165) is 39.3 Å². The van der Waals surface area contributed by atoms with E-state index >= 15 is 0 Å². The largest absolute Gasteiger partial charge is 0.489 e. The molecule has 7 aromatic carbocycles. The van der Waals surface area contributed by atoms with Gasteiger partial charge in [0.15, 0.2) is 0 Å². The Labute approximate surface area is 233 Å². The van der Waals surface area contributed by atoms with Crippen LogP contribution in [-0.2, 0) is 19.8 Å². The van der Waals surface area contributed by atoms with Crippen molar-refractivity contribution in [3.05, 3.63) is 150 Å². The van der Waals surface area contributed by atoms with Gasteiger partial charge in [0, 0.05) is 16.8 Å². The van der Waals surface area contributed by atoms with E-state index in [1.165, 1.54) is 26.9 Å². The average molecular weight is 521 g/mol. The standard InChI is InChI=1S/C37H28O3/c1-3-8-26(9-4-1)23-38-32-20-28(21-33(22-32)39-24-27-10-5-2-6-11-27)25-40-35-19-17-31-15-14-29-12-7-13-30-16-18-34(35)37(31)36(29)30/h1-22H,23-25H2. The van der Waals surface area contributed by atoms with Crippen LogP contribution in [0.25, 0.3) is 32.3 Å². The number of benzene rings is 7. The molecule has 0 aliphatic heterocycles. The van der Waals surface area contributed by atoms with Crippen LogP contribution in [0.2, 0.25) is 0 Å². The van der Waals surface area contributed by atoms with Crippen molar-refractivity contribution in [1.29, 1.82) is 0 Å². The molecular formula is C37H28O3. The second kappa shape index (κ2) is 10.6. The molecule has 0 aliphatic rings. The Balaban J connectivity index is 1.18. The Hall–Kier alpha value is -5.02. The lowest BCUT2D eigenvalue weighted by Gasteiger charge is -2.16. The normalized spacial score (nSPS) is 11.3. The third-order valence-corrected chi connectivity index (χ3v) is 7.32. The van der Waals surface area contributed by atoms with Crippen LogP contribution in [0.5, 0.6) is 17.2 Å². The molecule has 40 heavy (non-hydrogen) atoms. The summed E-state index contributed by atoms with van der Waals surface area (Å²) >= 11 is 0. The smallest absolute Gasteiger partial charge is 0.127 e. The topological polar surface area (TPSA) is 27.7 Å². The van der Waals surface area contributed by atoms with E-state index in [-0.39, 0.29) is 0 Å². The van der Waals surface area contributed by atoms with Gasteiger partial charge in [-0.05, 0) is 62.5 Å². The third kappa shape index (κ3) is 4.90. The summed E-state index contributed by atoms with van der Waals surface area (Å²) in [6.07, 6.45) is 0. The highest BCUT2D eigenvalue weighted by atomic mass is 16.5. The van der Waals surface area contributed by atoms with Crippen LogP contribution >= 0.6 is 0 Å². The molecule has 194 valence electrons. The fourth-order valence-corrected chi connectivity index (χ4v) is 5.36. The van der Waals surface area contributed by atoms with Crippen molar-refractivity contribution in [2.75, 3.05) is 0 Å².